The van der Waals surface area contributed by atoms with Gasteiger partial charge in [-0.1, -0.05) is 0 Å². The number of aryl methyl sites for hydroxylation is 2. The molecule has 1 fully saturated rings. The molecule has 1 saturated carbocycles. The summed E-state index contributed by atoms with van der Waals surface area (Å²) in [5.41, 5.74) is 3.38. The predicted molar refractivity (Wildman–Crippen MR) is 112 cm³/mol. The van der Waals surface area contributed by atoms with Crippen LogP contribution in [0.5, 0.6) is 0 Å². The highest BCUT2D eigenvalue weighted by molar-refractivity contribution is 5.79. The summed E-state index contributed by atoms with van der Waals surface area (Å²) < 4.78 is 30.5. The first-order valence-electron chi connectivity index (χ1n) is 10.1. The quantitative estimate of drug-likeness (QED) is 0.535. The minimum Gasteiger partial charge on any atom is -0.323 e. The lowest BCUT2D eigenvalue weighted by atomic mass is 9.92. The van der Waals surface area contributed by atoms with E-state index in [1.165, 1.54) is 12.4 Å². The fourth-order valence-corrected chi connectivity index (χ4v) is 4.18. The molecule has 0 spiro atoms. The molecule has 0 unspecified atom stereocenters. The molecular formula is C21H21F2N7O. The highest BCUT2D eigenvalue weighted by Crippen LogP contribution is 2.38. The summed E-state index contributed by atoms with van der Waals surface area (Å²) in [6.07, 6.45) is 4.94. The molecule has 0 bridgehead atoms. The third-order valence-corrected chi connectivity index (χ3v) is 5.92. The minimum atomic E-state index is -2.67. The topological polar surface area (TPSA) is 90.0 Å². The predicted octanol–water partition coefficient (Wildman–Crippen LogP) is 3.95. The first-order chi connectivity index (χ1) is 14.8. The third-order valence-electron chi connectivity index (χ3n) is 5.92. The van der Waals surface area contributed by atoms with Crippen molar-refractivity contribution in [1.82, 2.24) is 29.1 Å². The number of pyridine rings is 2. The molecule has 31 heavy (non-hydrogen) atoms. The maximum atomic E-state index is 13.7. The number of anilines is 2. The van der Waals surface area contributed by atoms with Gasteiger partial charge in [0.2, 0.25) is 11.9 Å². The summed E-state index contributed by atoms with van der Waals surface area (Å²) in [6.45, 7) is 3.75. The summed E-state index contributed by atoms with van der Waals surface area (Å²) in [5, 5.41) is 8.05. The second-order valence-electron chi connectivity index (χ2n) is 8.11. The van der Waals surface area contributed by atoms with Crippen LogP contribution in [0.3, 0.4) is 0 Å². The number of alkyl halides is 2. The second-order valence-corrected chi connectivity index (χ2v) is 8.11. The molecule has 0 saturated heterocycles. The highest BCUT2D eigenvalue weighted by atomic mass is 19.3. The Bertz CT molecular complexity index is 1350. The average Bonchev–Trinajstić information content (AvgIpc) is 3.16. The Kier molecular flexibility index (Phi) is 4.45. The second kappa shape index (κ2) is 7.07. The molecule has 1 N–H and O–H groups in total. The molecule has 4 aromatic rings. The van der Waals surface area contributed by atoms with Gasteiger partial charge in [-0.25, -0.2) is 23.3 Å². The minimum absolute atomic E-state index is 0.229. The van der Waals surface area contributed by atoms with Crippen LogP contribution in [-0.4, -0.2) is 35.1 Å². The third kappa shape index (κ3) is 3.51. The molecule has 160 valence electrons. The Hall–Kier alpha value is -3.43. The van der Waals surface area contributed by atoms with Gasteiger partial charge in [0, 0.05) is 36.5 Å². The first-order valence-corrected chi connectivity index (χ1v) is 10.1. The molecule has 0 aliphatic heterocycles. The lowest BCUT2D eigenvalue weighted by Gasteiger charge is -2.30. The zero-order chi connectivity index (χ0) is 21.8. The van der Waals surface area contributed by atoms with Crippen LogP contribution in [0.1, 0.15) is 42.9 Å². The van der Waals surface area contributed by atoms with E-state index in [9.17, 15) is 13.6 Å². The molecule has 8 nitrogen and oxygen atoms in total. The Labute approximate surface area is 176 Å². The van der Waals surface area contributed by atoms with E-state index in [0.29, 0.717) is 11.6 Å². The van der Waals surface area contributed by atoms with Gasteiger partial charge in [-0.05, 0) is 43.9 Å². The van der Waals surface area contributed by atoms with Crippen molar-refractivity contribution in [3.05, 3.63) is 52.3 Å². The number of nitrogens with zero attached hydrogens (tertiary/aromatic N) is 6. The summed E-state index contributed by atoms with van der Waals surface area (Å²) in [7, 11) is 0. The van der Waals surface area contributed by atoms with Gasteiger partial charge in [0.15, 0.2) is 5.65 Å². The van der Waals surface area contributed by atoms with E-state index in [1.807, 2.05) is 19.9 Å². The van der Waals surface area contributed by atoms with Crippen molar-refractivity contribution in [2.75, 3.05) is 5.32 Å². The van der Waals surface area contributed by atoms with E-state index in [4.69, 9.17) is 0 Å². The number of fused-ring (bicyclic) bond motifs is 2. The van der Waals surface area contributed by atoms with Crippen LogP contribution in [0.4, 0.5) is 20.4 Å². The van der Waals surface area contributed by atoms with E-state index in [2.05, 4.69) is 25.4 Å². The van der Waals surface area contributed by atoms with Gasteiger partial charge in [-0.15, -0.1) is 0 Å². The van der Waals surface area contributed by atoms with Gasteiger partial charge >= 0.3 is 0 Å². The Morgan fingerprint density at radius 3 is 2.68 bits per heavy atom. The largest absolute Gasteiger partial charge is 0.323 e. The number of nitrogens with one attached hydrogen (secondary N) is 1. The van der Waals surface area contributed by atoms with Crippen molar-refractivity contribution in [2.45, 2.75) is 51.5 Å². The van der Waals surface area contributed by atoms with E-state index in [0.717, 1.165) is 27.8 Å². The SMILES string of the molecule is Cc1cc2ncnn2cc1Nc1ncc2c(C)cc(=O)n(C3CCC(F)(F)CC3)c2n1. The van der Waals surface area contributed by atoms with E-state index >= 15 is 0 Å². The number of hydrogen-bond acceptors (Lipinski definition) is 6. The molecule has 1 aliphatic rings. The molecule has 0 radical (unpaired) electrons. The maximum absolute atomic E-state index is 13.7. The molecule has 4 aromatic heterocycles. The zero-order valence-corrected chi connectivity index (χ0v) is 17.1. The van der Waals surface area contributed by atoms with Crippen molar-refractivity contribution in [3.63, 3.8) is 0 Å². The summed E-state index contributed by atoms with van der Waals surface area (Å²) in [4.78, 5) is 26.0. The number of aromatic nitrogens is 6. The summed E-state index contributed by atoms with van der Waals surface area (Å²) in [6, 6.07) is 3.10. The smallest absolute Gasteiger partial charge is 0.252 e. The fraction of sp³-hybridized carbons (Fsp3) is 0.381. The maximum Gasteiger partial charge on any atom is 0.252 e. The molecule has 10 heteroatoms. The number of hydrogen-bond donors (Lipinski definition) is 1. The monoisotopic (exact) mass is 425 g/mol. The van der Waals surface area contributed by atoms with Gasteiger partial charge in [0.25, 0.3) is 5.56 Å². The number of halogens is 2. The van der Waals surface area contributed by atoms with Crippen molar-refractivity contribution < 1.29 is 8.78 Å². The van der Waals surface area contributed by atoms with Crippen molar-refractivity contribution in [1.29, 1.82) is 0 Å². The molecule has 1 aliphatic carbocycles. The Morgan fingerprint density at radius 2 is 1.90 bits per heavy atom. The van der Waals surface area contributed by atoms with Gasteiger partial charge in [-0.2, -0.15) is 10.1 Å². The van der Waals surface area contributed by atoms with Crippen LogP contribution in [0.2, 0.25) is 0 Å². The van der Waals surface area contributed by atoms with Gasteiger partial charge in [0.05, 0.1) is 11.9 Å². The van der Waals surface area contributed by atoms with Crippen LogP contribution >= 0.6 is 0 Å². The van der Waals surface area contributed by atoms with Crippen molar-refractivity contribution in [2.24, 2.45) is 0 Å². The van der Waals surface area contributed by atoms with Gasteiger partial charge in [0.1, 0.15) is 12.0 Å². The van der Waals surface area contributed by atoms with E-state index in [1.54, 1.807) is 21.5 Å². The lowest BCUT2D eigenvalue weighted by molar-refractivity contribution is -0.0439. The highest BCUT2D eigenvalue weighted by Gasteiger charge is 2.36. The molecule has 0 aromatic carbocycles. The van der Waals surface area contributed by atoms with Crippen LogP contribution in [0, 0.1) is 13.8 Å². The summed E-state index contributed by atoms with van der Waals surface area (Å²) >= 11 is 0. The van der Waals surface area contributed by atoms with Crippen molar-refractivity contribution in [3.8, 4) is 0 Å². The summed E-state index contributed by atoms with van der Waals surface area (Å²) in [5.74, 6) is -2.35. The van der Waals surface area contributed by atoms with Crippen LogP contribution in [-0.2, 0) is 0 Å². The first kappa shape index (κ1) is 19.5. The standard InChI is InChI=1S/C21H21F2N7O/c1-12-8-18(31)30(14-3-5-21(22,23)6-4-14)19-15(12)9-24-20(28-19)27-16-10-29-17(7-13(16)2)25-11-26-29/h7-11,14H,3-6H2,1-2H3,(H,24,27,28). The number of rotatable bonds is 3. The van der Waals surface area contributed by atoms with Crippen LogP contribution < -0.4 is 10.9 Å². The van der Waals surface area contributed by atoms with E-state index in [-0.39, 0.29) is 37.3 Å². The van der Waals surface area contributed by atoms with Crippen LogP contribution in [0.15, 0.2) is 35.6 Å². The molecule has 5 rings (SSSR count). The van der Waals surface area contributed by atoms with Crippen LogP contribution in [0.25, 0.3) is 16.7 Å². The normalized spacial score (nSPS) is 16.8. The van der Waals surface area contributed by atoms with Gasteiger partial charge < -0.3 is 5.32 Å². The molecule has 4 heterocycles. The Balaban J connectivity index is 1.58. The van der Waals surface area contributed by atoms with E-state index < -0.39 is 5.92 Å². The molecular weight excluding hydrogens is 404 g/mol. The zero-order valence-electron chi connectivity index (χ0n) is 17.1. The lowest BCUT2D eigenvalue weighted by Crippen LogP contribution is -2.32. The molecule has 0 atom stereocenters. The fourth-order valence-electron chi connectivity index (χ4n) is 4.18. The Morgan fingerprint density at radius 1 is 1.13 bits per heavy atom. The average molecular weight is 425 g/mol. The molecule has 0 amide bonds. The van der Waals surface area contributed by atoms with Crippen molar-refractivity contribution >= 4 is 28.3 Å². The van der Waals surface area contributed by atoms with Gasteiger partial charge in [-0.3, -0.25) is 9.36 Å².